The molecule has 2 heterocycles. The highest BCUT2D eigenvalue weighted by Crippen LogP contribution is 2.28. The van der Waals surface area contributed by atoms with E-state index in [2.05, 4.69) is 36.3 Å². The molecule has 126 valence electrons. The Morgan fingerprint density at radius 3 is 2.56 bits per heavy atom. The molecule has 0 saturated carbocycles. The van der Waals surface area contributed by atoms with Crippen molar-refractivity contribution in [1.82, 2.24) is 19.7 Å². The summed E-state index contributed by atoms with van der Waals surface area (Å²) >= 11 is 3.43. The molecule has 0 unspecified atom stereocenters. The van der Waals surface area contributed by atoms with Crippen LogP contribution in [0.25, 0.3) is 11.3 Å². The highest BCUT2D eigenvalue weighted by atomic mass is 79.9. The van der Waals surface area contributed by atoms with Crippen LogP contribution >= 0.6 is 15.9 Å². The highest BCUT2D eigenvalue weighted by molar-refractivity contribution is 9.10. The van der Waals surface area contributed by atoms with Crippen LogP contribution in [0.4, 0.5) is 5.69 Å². The number of halogens is 1. The Hall–Kier alpha value is -3.07. The van der Waals surface area contributed by atoms with E-state index in [0.717, 1.165) is 10.0 Å². The number of hydrogen-bond acceptors (Lipinski definition) is 6. The Kier molecular flexibility index (Phi) is 4.57. The van der Waals surface area contributed by atoms with Crippen molar-refractivity contribution in [2.75, 3.05) is 5.32 Å². The molecule has 3 rings (SSSR count). The van der Waals surface area contributed by atoms with Crippen molar-refractivity contribution in [3.63, 3.8) is 0 Å². The van der Waals surface area contributed by atoms with Gasteiger partial charge < -0.3 is 15.2 Å². The molecule has 2 aromatic heterocycles. The lowest BCUT2D eigenvalue weighted by Gasteiger charge is -2.09. The molecule has 25 heavy (non-hydrogen) atoms. The normalized spacial score (nSPS) is 10.5. The van der Waals surface area contributed by atoms with Gasteiger partial charge in [0.05, 0.1) is 10.4 Å². The number of aromatic nitrogens is 4. The lowest BCUT2D eigenvalue weighted by molar-refractivity contribution is -0.255. The minimum atomic E-state index is -1.57. The summed E-state index contributed by atoms with van der Waals surface area (Å²) in [5, 5.41) is 18.0. The van der Waals surface area contributed by atoms with Gasteiger partial charge in [-0.25, -0.2) is 4.98 Å². The summed E-state index contributed by atoms with van der Waals surface area (Å²) in [5.41, 5.74) is 1.14. The van der Waals surface area contributed by atoms with E-state index in [-0.39, 0.29) is 5.69 Å². The van der Waals surface area contributed by atoms with Crippen molar-refractivity contribution in [3.8, 4) is 11.3 Å². The first-order valence-corrected chi connectivity index (χ1v) is 7.88. The van der Waals surface area contributed by atoms with Gasteiger partial charge >= 0.3 is 0 Å². The van der Waals surface area contributed by atoms with E-state index < -0.39 is 17.6 Å². The maximum atomic E-state index is 12.3. The summed E-state index contributed by atoms with van der Waals surface area (Å²) in [6.45, 7) is 0. The third-order valence-corrected chi connectivity index (χ3v) is 3.86. The smallest absolute Gasteiger partial charge is 0.276 e. The van der Waals surface area contributed by atoms with Gasteiger partial charge in [-0.3, -0.25) is 14.5 Å². The number of carbonyl (C=O) groups is 2. The van der Waals surface area contributed by atoms with E-state index in [9.17, 15) is 14.7 Å². The number of anilines is 1. The number of carboxylic acids is 1. The van der Waals surface area contributed by atoms with E-state index in [4.69, 9.17) is 0 Å². The first kappa shape index (κ1) is 16.8. The average molecular weight is 401 g/mol. The van der Waals surface area contributed by atoms with Crippen molar-refractivity contribution in [2.45, 2.75) is 0 Å². The van der Waals surface area contributed by atoms with E-state index in [1.807, 2.05) is 12.3 Å². The number of amides is 1. The molecule has 1 aromatic carbocycles. The Labute approximate surface area is 150 Å². The molecule has 0 bridgehead atoms. The van der Waals surface area contributed by atoms with Crippen molar-refractivity contribution in [2.24, 2.45) is 7.05 Å². The predicted molar refractivity (Wildman–Crippen MR) is 90.7 cm³/mol. The second-order valence-electron chi connectivity index (χ2n) is 5.08. The lowest BCUT2D eigenvalue weighted by atomic mass is 10.1. The summed E-state index contributed by atoms with van der Waals surface area (Å²) in [6, 6.07) is 6.99. The molecule has 1 N–H and O–H groups in total. The Balaban J connectivity index is 1.89. The molecule has 0 saturated heterocycles. The lowest BCUT2D eigenvalue weighted by Crippen LogP contribution is -2.28. The standard InChI is InChI=1S/C16H12BrN5O3/c1-22-8-11(17)12(21-22)9-3-2-4-10(7-9)20-15(23)13-14(16(24)25)19-6-5-18-13/h2-8H,1H3,(H,20,23)(H,24,25)/p-1. The third-order valence-electron chi connectivity index (χ3n) is 3.28. The van der Waals surface area contributed by atoms with Gasteiger partial charge in [-0.2, -0.15) is 5.10 Å². The number of benzene rings is 1. The summed E-state index contributed by atoms with van der Waals surface area (Å²) in [5.74, 6) is -2.26. The van der Waals surface area contributed by atoms with Gasteiger partial charge in [0.2, 0.25) is 0 Å². The van der Waals surface area contributed by atoms with Crippen LogP contribution in [-0.2, 0) is 7.05 Å². The largest absolute Gasteiger partial charge is 0.543 e. The number of carboxylic acid groups (broad SMARTS) is 1. The van der Waals surface area contributed by atoms with Crippen molar-refractivity contribution in [1.29, 1.82) is 0 Å². The number of rotatable bonds is 4. The van der Waals surface area contributed by atoms with Crippen LogP contribution in [-0.4, -0.2) is 31.6 Å². The van der Waals surface area contributed by atoms with Crippen molar-refractivity contribution in [3.05, 3.63) is 58.7 Å². The number of carbonyl (C=O) groups excluding carboxylic acids is 2. The molecule has 0 fully saturated rings. The van der Waals surface area contributed by atoms with Crippen LogP contribution in [0.15, 0.2) is 47.3 Å². The van der Waals surface area contributed by atoms with E-state index in [0.29, 0.717) is 11.4 Å². The van der Waals surface area contributed by atoms with Gasteiger partial charge in [0.25, 0.3) is 5.91 Å². The first-order valence-electron chi connectivity index (χ1n) is 7.09. The maximum Gasteiger partial charge on any atom is 0.276 e. The summed E-state index contributed by atoms with van der Waals surface area (Å²) in [7, 11) is 1.80. The Morgan fingerprint density at radius 1 is 1.20 bits per heavy atom. The summed E-state index contributed by atoms with van der Waals surface area (Å²) in [6.07, 6.45) is 4.23. The van der Waals surface area contributed by atoms with Crippen LogP contribution in [0.5, 0.6) is 0 Å². The third kappa shape index (κ3) is 3.56. The molecule has 0 radical (unpaired) electrons. The minimum absolute atomic E-state index is 0.313. The van der Waals surface area contributed by atoms with Crippen LogP contribution in [0, 0.1) is 0 Å². The van der Waals surface area contributed by atoms with Crippen molar-refractivity contribution >= 4 is 33.5 Å². The van der Waals surface area contributed by atoms with Gasteiger partial charge in [-0.15, -0.1) is 0 Å². The molecule has 0 aliphatic carbocycles. The molecule has 0 aliphatic rings. The van der Waals surface area contributed by atoms with Crippen LogP contribution in [0.3, 0.4) is 0 Å². The van der Waals surface area contributed by atoms with E-state index >= 15 is 0 Å². The van der Waals surface area contributed by atoms with Gasteiger partial charge in [0.1, 0.15) is 11.4 Å². The van der Waals surface area contributed by atoms with Crippen LogP contribution < -0.4 is 10.4 Å². The number of nitrogens with zero attached hydrogens (tertiary/aromatic N) is 4. The maximum absolute atomic E-state index is 12.3. The summed E-state index contributed by atoms with van der Waals surface area (Å²) < 4.78 is 2.47. The van der Waals surface area contributed by atoms with Crippen LogP contribution in [0.2, 0.25) is 0 Å². The Bertz CT molecular complexity index is 970. The first-order chi connectivity index (χ1) is 12.0. The monoisotopic (exact) mass is 400 g/mol. The van der Waals surface area contributed by atoms with E-state index in [1.165, 1.54) is 12.4 Å². The molecule has 9 heteroatoms. The predicted octanol–water partition coefficient (Wildman–Crippen LogP) is 1.26. The number of aryl methyl sites for hydroxylation is 1. The fourth-order valence-electron chi connectivity index (χ4n) is 2.24. The van der Waals surface area contributed by atoms with Gasteiger partial charge in [0.15, 0.2) is 5.69 Å². The quantitative estimate of drug-likeness (QED) is 0.704. The number of nitrogens with one attached hydrogen (secondary N) is 1. The molecule has 3 aromatic rings. The second-order valence-corrected chi connectivity index (χ2v) is 5.93. The SMILES string of the molecule is Cn1cc(Br)c(-c2cccc(NC(=O)c3nccnc3C(=O)[O-])c2)n1. The Morgan fingerprint density at radius 2 is 1.92 bits per heavy atom. The molecular weight excluding hydrogens is 390 g/mol. The summed E-state index contributed by atoms with van der Waals surface area (Å²) in [4.78, 5) is 30.8. The average Bonchev–Trinajstić information content (AvgIpc) is 2.93. The molecular formula is C16H11BrN5O3-. The number of hydrogen-bond donors (Lipinski definition) is 1. The fourth-order valence-corrected chi connectivity index (χ4v) is 2.85. The van der Waals surface area contributed by atoms with E-state index in [1.54, 1.807) is 29.9 Å². The molecule has 0 atom stereocenters. The zero-order valence-corrected chi connectivity index (χ0v) is 14.5. The topological polar surface area (TPSA) is 113 Å². The zero-order chi connectivity index (χ0) is 18.0. The van der Waals surface area contributed by atoms with Crippen LogP contribution in [0.1, 0.15) is 21.0 Å². The van der Waals surface area contributed by atoms with Gasteiger partial charge in [-0.05, 0) is 28.1 Å². The molecule has 1 amide bonds. The zero-order valence-electron chi connectivity index (χ0n) is 12.9. The van der Waals surface area contributed by atoms with Gasteiger partial charge in [0, 0.05) is 36.9 Å². The van der Waals surface area contributed by atoms with Gasteiger partial charge in [-0.1, -0.05) is 12.1 Å². The number of aromatic carboxylic acids is 1. The van der Waals surface area contributed by atoms with Crippen molar-refractivity contribution < 1.29 is 14.7 Å². The molecule has 8 nitrogen and oxygen atoms in total. The molecule has 0 aliphatic heterocycles. The molecule has 0 spiro atoms. The highest BCUT2D eigenvalue weighted by Gasteiger charge is 2.16. The minimum Gasteiger partial charge on any atom is -0.543 e. The second kappa shape index (κ2) is 6.81. The fraction of sp³-hybridized carbons (Fsp3) is 0.0625.